The Bertz CT molecular complexity index is 1510. The van der Waals surface area contributed by atoms with Crippen LogP contribution in [0.5, 0.6) is 11.5 Å². The van der Waals surface area contributed by atoms with Crippen molar-refractivity contribution < 1.29 is 14.6 Å². The van der Waals surface area contributed by atoms with Crippen molar-refractivity contribution in [2.24, 2.45) is 5.73 Å². The fraction of sp³-hybridized carbons (Fsp3) is 0.241. The van der Waals surface area contributed by atoms with Gasteiger partial charge in [-0.15, -0.1) is 0 Å². The maximum Gasteiger partial charge on any atom is 0.313 e. The summed E-state index contributed by atoms with van der Waals surface area (Å²) in [6.07, 6.45) is 3.96. The molecule has 9 heteroatoms. The summed E-state index contributed by atoms with van der Waals surface area (Å²) in [5.41, 5.74) is 8.61. The van der Waals surface area contributed by atoms with Crippen molar-refractivity contribution in [3.8, 4) is 23.3 Å². The van der Waals surface area contributed by atoms with Gasteiger partial charge in [-0.05, 0) is 74.4 Å². The standard InChI is InChI=1S/C29H30N6O3/c1-4-29(13-14-36,35-28(30)37)12-11-21-6-9-25-24(16-21)27(33-18-32-25)34-22-7-10-26(19(2)15-22)38-23-8-5-20(3)31-17-23/h5-10,15-18,36H,4,13-14H2,1-3H3,(H3,30,35,37)(H,32,33,34). The first-order valence-corrected chi connectivity index (χ1v) is 12.3. The molecule has 9 nitrogen and oxygen atoms in total. The van der Waals surface area contributed by atoms with Crippen molar-refractivity contribution in [3.63, 3.8) is 0 Å². The lowest BCUT2D eigenvalue weighted by molar-refractivity contribution is 0.220. The van der Waals surface area contributed by atoms with E-state index in [0.717, 1.165) is 33.6 Å². The summed E-state index contributed by atoms with van der Waals surface area (Å²) >= 11 is 0. The number of aliphatic hydroxyl groups is 1. The Morgan fingerprint density at radius 3 is 2.63 bits per heavy atom. The van der Waals surface area contributed by atoms with Gasteiger partial charge in [0, 0.05) is 35.4 Å². The van der Waals surface area contributed by atoms with Gasteiger partial charge >= 0.3 is 6.03 Å². The molecular formula is C29H30N6O3. The smallest absolute Gasteiger partial charge is 0.313 e. The van der Waals surface area contributed by atoms with Gasteiger partial charge in [-0.25, -0.2) is 14.8 Å². The second-order valence-electron chi connectivity index (χ2n) is 8.95. The van der Waals surface area contributed by atoms with Crippen LogP contribution in [-0.4, -0.2) is 38.2 Å². The molecule has 0 aliphatic rings. The average molecular weight is 511 g/mol. The Kier molecular flexibility index (Phi) is 8.04. The van der Waals surface area contributed by atoms with E-state index in [9.17, 15) is 9.90 Å². The first-order valence-electron chi connectivity index (χ1n) is 12.3. The highest BCUT2D eigenvalue weighted by molar-refractivity contribution is 5.91. The van der Waals surface area contributed by atoms with Crippen molar-refractivity contribution >= 4 is 28.4 Å². The molecule has 2 amide bonds. The van der Waals surface area contributed by atoms with Crippen LogP contribution in [0.3, 0.4) is 0 Å². The third-order valence-electron chi connectivity index (χ3n) is 6.14. The Morgan fingerprint density at radius 1 is 1.11 bits per heavy atom. The largest absolute Gasteiger partial charge is 0.455 e. The predicted molar refractivity (Wildman–Crippen MR) is 147 cm³/mol. The number of hydrogen-bond acceptors (Lipinski definition) is 7. The molecule has 0 saturated carbocycles. The number of carbonyl (C=O) groups is 1. The van der Waals surface area contributed by atoms with Gasteiger partial charge in [0.2, 0.25) is 0 Å². The van der Waals surface area contributed by atoms with Crippen LogP contribution in [-0.2, 0) is 0 Å². The zero-order chi connectivity index (χ0) is 27.1. The second kappa shape index (κ2) is 11.6. The molecule has 4 aromatic rings. The third-order valence-corrected chi connectivity index (χ3v) is 6.14. The highest BCUT2D eigenvalue weighted by Gasteiger charge is 2.26. The summed E-state index contributed by atoms with van der Waals surface area (Å²) < 4.78 is 5.98. The van der Waals surface area contributed by atoms with E-state index in [4.69, 9.17) is 10.5 Å². The van der Waals surface area contributed by atoms with Gasteiger partial charge in [0.05, 0.1) is 11.7 Å². The van der Waals surface area contributed by atoms with E-state index >= 15 is 0 Å². The highest BCUT2D eigenvalue weighted by atomic mass is 16.5. The minimum absolute atomic E-state index is 0.131. The molecule has 0 radical (unpaired) electrons. The number of pyridine rings is 1. The van der Waals surface area contributed by atoms with Gasteiger partial charge in [-0.2, -0.15) is 0 Å². The maximum absolute atomic E-state index is 11.5. The first kappa shape index (κ1) is 26.4. The number of aryl methyl sites for hydroxylation is 2. The van der Waals surface area contributed by atoms with Crippen molar-refractivity contribution in [2.45, 2.75) is 39.2 Å². The van der Waals surface area contributed by atoms with E-state index in [1.807, 2.05) is 69.3 Å². The molecule has 4 rings (SSSR count). The topological polar surface area (TPSA) is 135 Å². The third kappa shape index (κ3) is 6.35. The zero-order valence-electron chi connectivity index (χ0n) is 21.6. The molecule has 5 N–H and O–H groups in total. The lowest BCUT2D eigenvalue weighted by Gasteiger charge is -2.26. The molecule has 2 aromatic carbocycles. The normalized spacial score (nSPS) is 12.2. The SMILES string of the molecule is CCC(C#Cc1ccc2ncnc(Nc3ccc(Oc4ccc(C)nc4)c(C)c3)c2c1)(CCO)NC(N)=O. The molecule has 1 unspecified atom stereocenters. The first-order chi connectivity index (χ1) is 18.3. The number of nitrogens with two attached hydrogens (primary N) is 1. The molecule has 194 valence electrons. The zero-order valence-corrected chi connectivity index (χ0v) is 21.6. The van der Waals surface area contributed by atoms with Crippen LogP contribution < -0.4 is 21.1 Å². The molecule has 2 heterocycles. The molecule has 0 aliphatic heterocycles. The number of aliphatic hydroxyl groups excluding tert-OH is 1. The lowest BCUT2D eigenvalue weighted by atomic mass is 9.92. The molecular weight excluding hydrogens is 480 g/mol. The van der Waals surface area contributed by atoms with E-state index in [2.05, 4.69) is 37.4 Å². The lowest BCUT2D eigenvalue weighted by Crippen LogP contribution is -2.50. The minimum Gasteiger partial charge on any atom is -0.455 e. The monoisotopic (exact) mass is 510 g/mol. The number of amides is 2. The van der Waals surface area contributed by atoms with E-state index in [0.29, 0.717) is 23.6 Å². The van der Waals surface area contributed by atoms with Crippen LogP contribution in [0.15, 0.2) is 61.1 Å². The number of benzene rings is 2. The number of nitrogens with zero attached hydrogens (tertiary/aromatic N) is 3. The molecule has 0 saturated heterocycles. The summed E-state index contributed by atoms with van der Waals surface area (Å²) in [6, 6.07) is 14.5. The number of rotatable bonds is 8. The molecule has 0 fully saturated rings. The van der Waals surface area contributed by atoms with Crippen LogP contribution in [0, 0.1) is 25.7 Å². The molecule has 0 spiro atoms. The van der Waals surface area contributed by atoms with E-state index in [1.54, 1.807) is 6.20 Å². The number of carbonyl (C=O) groups excluding carboxylic acids is 1. The van der Waals surface area contributed by atoms with Crippen LogP contribution in [0.2, 0.25) is 0 Å². The second-order valence-corrected chi connectivity index (χ2v) is 8.95. The van der Waals surface area contributed by atoms with Crippen LogP contribution in [0.1, 0.15) is 36.6 Å². The van der Waals surface area contributed by atoms with E-state index in [1.165, 1.54) is 6.33 Å². The number of aromatic nitrogens is 3. The number of fused-ring (bicyclic) bond motifs is 1. The van der Waals surface area contributed by atoms with Gasteiger partial charge in [0.25, 0.3) is 0 Å². The molecule has 0 aliphatic carbocycles. The summed E-state index contributed by atoms with van der Waals surface area (Å²) in [5, 5.41) is 16.3. The molecule has 0 bridgehead atoms. The molecule has 38 heavy (non-hydrogen) atoms. The Hall–Kier alpha value is -4.68. The summed E-state index contributed by atoms with van der Waals surface area (Å²) in [4.78, 5) is 24.6. The van der Waals surface area contributed by atoms with Crippen molar-refractivity contribution in [1.29, 1.82) is 0 Å². The van der Waals surface area contributed by atoms with Gasteiger partial charge in [-0.1, -0.05) is 18.8 Å². The van der Waals surface area contributed by atoms with Gasteiger partial charge in [-0.3, -0.25) is 4.98 Å². The van der Waals surface area contributed by atoms with Crippen LogP contribution in [0.4, 0.5) is 16.3 Å². The highest BCUT2D eigenvalue weighted by Crippen LogP contribution is 2.30. The predicted octanol–water partition coefficient (Wildman–Crippen LogP) is 4.73. The number of nitrogens with one attached hydrogen (secondary N) is 2. The Morgan fingerprint density at radius 2 is 1.95 bits per heavy atom. The minimum atomic E-state index is -0.917. The Labute approximate surface area is 221 Å². The number of hydrogen-bond donors (Lipinski definition) is 4. The summed E-state index contributed by atoms with van der Waals surface area (Å²) in [6.45, 7) is 5.65. The number of urea groups is 1. The van der Waals surface area contributed by atoms with Gasteiger partial charge < -0.3 is 26.2 Å². The maximum atomic E-state index is 11.5. The Balaban J connectivity index is 1.60. The summed E-state index contributed by atoms with van der Waals surface area (Å²) in [7, 11) is 0. The summed E-state index contributed by atoms with van der Waals surface area (Å²) in [5.74, 6) is 8.25. The molecule has 2 aromatic heterocycles. The molecule has 1 atom stereocenters. The fourth-order valence-electron chi connectivity index (χ4n) is 3.98. The van der Waals surface area contributed by atoms with Gasteiger partial charge in [0.1, 0.15) is 29.2 Å². The van der Waals surface area contributed by atoms with E-state index < -0.39 is 11.6 Å². The van der Waals surface area contributed by atoms with Crippen molar-refractivity contribution in [1.82, 2.24) is 20.3 Å². The number of primary amides is 1. The van der Waals surface area contributed by atoms with Crippen molar-refractivity contribution in [2.75, 3.05) is 11.9 Å². The van der Waals surface area contributed by atoms with Gasteiger partial charge in [0.15, 0.2) is 0 Å². The number of anilines is 2. The van der Waals surface area contributed by atoms with E-state index in [-0.39, 0.29) is 13.0 Å². The quantitative estimate of drug-likeness (QED) is 0.252. The van der Waals surface area contributed by atoms with Crippen molar-refractivity contribution in [3.05, 3.63) is 77.9 Å². The van der Waals surface area contributed by atoms with Crippen LogP contribution >= 0.6 is 0 Å². The van der Waals surface area contributed by atoms with Crippen LogP contribution in [0.25, 0.3) is 10.9 Å². The number of ether oxygens (including phenoxy) is 1. The fourth-order valence-corrected chi connectivity index (χ4v) is 3.98. The average Bonchev–Trinajstić information content (AvgIpc) is 2.90.